The normalized spacial score (nSPS) is 8.00. The summed E-state index contributed by atoms with van der Waals surface area (Å²) >= 11 is 0. The first-order valence-electron chi connectivity index (χ1n) is 1.36. The molecule has 6 nitrogen and oxygen atoms in total. The molecule has 0 spiro atoms. The van der Waals surface area contributed by atoms with Gasteiger partial charge in [0.15, 0.2) is 0 Å². The molecule has 0 aliphatic heterocycles. The molecule has 0 N–H and O–H groups in total. The average molecular weight is 122 g/mol. The summed E-state index contributed by atoms with van der Waals surface area (Å²) in [6, 6.07) is 0. The number of nitrogens with zero attached hydrogens (tertiary/aromatic N) is 2. The zero-order chi connectivity index (χ0) is 5.86. The molecule has 0 atom stereocenters. The molecule has 0 saturated heterocycles. The summed E-state index contributed by atoms with van der Waals surface area (Å²) in [5, 5.41) is 18.5. The van der Waals surface area contributed by atoms with E-state index in [9.17, 15) is 20.2 Å². The SMILES string of the molecule is O=[N+]([O-])[SiH2][N+](=O)[O-]. The van der Waals surface area contributed by atoms with Gasteiger partial charge in [-0.3, -0.25) is 20.2 Å². The molecule has 0 fully saturated rings. The highest BCUT2D eigenvalue weighted by Crippen LogP contribution is 1.62. The van der Waals surface area contributed by atoms with E-state index in [1.807, 2.05) is 0 Å². The molecule has 0 heterocycles. The lowest BCUT2D eigenvalue weighted by molar-refractivity contribution is -0.454. The lowest BCUT2D eigenvalue weighted by Crippen LogP contribution is -2.15. The minimum absolute atomic E-state index is 0.861. The lowest BCUT2D eigenvalue weighted by atomic mass is 13.3. The summed E-state index contributed by atoms with van der Waals surface area (Å²) in [7, 11) is -2.27. The zero-order valence-corrected chi connectivity index (χ0v) is 4.65. The van der Waals surface area contributed by atoms with Gasteiger partial charge in [0.05, 0.1) is 0 Å². The van der Waals surface area contributed by atoms with E-state index in [-0.39, 0.29) is 0 Å². The lowest BCUT2D eigenvalue weighted by Gasteiger charge is -1.78. The van der Waals surface area contributed by atoms with Gasteiger partial charge in [0, 0.05) is 9.18 Å². The minimum atomic E-state index is -2.27. The Balaban J connectivity index is 3.32. The predicted octanol–water partition coefficient (Wildman–Crippen LogP) is -1.46. The first kappa shape index (κ1) is 6.02. The van der Waals surface area contributed by atoms with E-state index in [0.29, 0.717) is 0 Å². The Morgan fingerprint density at radius 1 is 1.14 bits per heavy atom. The van der Waals surface area contributed by atoms with Gasteiger partial charge < -0.3 is 0 Å². The van der Waals surface area contributed by atoms with Gasteiger partial charge >= 0.3 is 9.84 Å². The van der Waals surface area contributed by atoms with E-state index in [0.717, 1.165) is 0 Å². The van der Waals surface area contributed by atoms with Gasteiger partial charge in [-0.2, -0.15) is 0 Å². The van der Waals surface area contributed by atoms with Crippen molar-refractivity contribution >= 4 is 9.84 Å². The molecular formula is H2N2O4Si. The molecule has 0 rings (SSSR count). The number of nitro groups is 2. The highest BCUT2D eigenvalue weighted by Gasteiger charge is 2.11. The van der Waals surface area contributed by atoms with Crippen LogP contribution in [0.1, 0.15) is 0 Å². The van der Waals surface area contributed by atoms with Crippen LogP contribution in [-0.4, -0.2) is 19.0 Å². The summed E-state index contributed by atoms with van der Waals surface area (Å²) < 4.78 is -1.72. The van der Waals surface area contributed by atoms with E-state index in [1.165, 1.54) is 0 Å². The van der Waals surface area contributed by atoms with Gasteiger partial charge in [0.2, 0.25) is 0 Å². The summed E-state index contributed by atoms with van der Waals surface area (Å²) in [6.45, 7) is 0. The largest absolute Gasteiger partial charge is 0.757 e. The third-order valence-corrected chi connectivity index (χ3v) is 0.693. The van der Waals surface area contributed by atoms with Gasteiger partial charge in [-0.05, 0) is 0 Å². The molecule has 0 aliphatic carbocycles. The smallest absolute Gasteiger partial charge is 0.284 e. The highest BCUT2D eigenvalue weighted by molar-refractivity contribution is 6.13. The van der Waals surface area contributed by atoms with Gasteiger partial charge in [-0.15, -0.1) is 0 Å². The van der Waals surface area contributed by atoms with Crippen LogP contribution in [0.15, 0.2) is 0 Å². The predicted molar refractivity (Wildman–Crippen MR) is 22.5 cm³/mol. The third-order valence-electron chi connectivity index (χ3n) is 0.231. The van der Waals surface area contributed by atoms with Crippen molar-refractivity contribution in [2.75, 3.05) is 0 Å². The molecule has 0 aromatic carbocycles. The van der Waals surface area contributed by atoms with Crippen molar-refractivity contribution < 1.29 is 9.18 Å². The van der Waals surface area contributed by atoms with Crippen molar-refractivity contribution in [3.05, 3.63) is 20.2 Å². The maximum Gasteiger partial charge on any atom is 0.757 e. The van der Waals surface area contributed by atoms with Crippen LogP contribution >= 0.6 is 0 Å². The average Bonchev–Trinajstić information content (AvgIpc) is 1.27. The summed E-state index contributed by atoms with van der Waals surface area (Å²) in [5.41, 5.74) is 0. The van der Waals surface area contributed by atoms with E-state index < -0.39 is 19.0 Å². The number of rotatable bonds is 2. The molecule has 0 amide bonds. The Hall–Kier alpha value is -0.983. The van der Waals surface area contributed by atoms with Gasteiger partial charge in [0.25, 0.3) is 0 Å². The van der Waals surface area contributed by atoms with Crippen LogP contribution in [0.25, 0.3) is 0 Å². The first-order valence-corrected chi connectivity index (χ1v) is 2.63. The maximum absolute atomic E-state index is 9.24. The van der Waals surface area contributed by atoms with Crippen molar-refractivity contribution in [3.8, 4) is 0 Å². The van der Waals surface area contributed by atoms with E-state index in [4.69, 9.17) is 0 Å². The van der Waals surface area contributed by atoms with E-state index in [2.05, 4.69) is 0 Å². The monoisotopic (exact) mass is 122 g/mol. The number of hydrogen-bond acceptors (Lipinski definition) is 4. The molecule has 0 radical (unpaired) electrons. The molecule has 40 valence electrons. The van der Waals surface area contributed by atoms with Gasteiger partial charge in [-0.25, -0.2) is 0 Å². The van der Waals surface area contributed by atoms with Crippen molar-refractivity contribution in [2.24, 2.45) is 0 Å². The molecule has 0 bridgehead atoms. The van der Waals surface area contributed by atoms with Gasteiger partial charge in [0.1, 0.15) is 0 Å². The molecule has 7 heavy (non-hydrogen) atoms. The standard InChI is InChI=1S/H2N2O4Si/c3-1(4)7-2(5)6/h7H2. The first-order chi connectivity index (χ1) is 3.13. The van der Waals surface area contributed by atoms with Crippen LogP contribution in [0, 0.1) is 20.2 Å². The fourth-order valence-corrected chi connectivity index (χ4v) is 0.283. The molecule has 0 aromatic rings. The zero-order valence-electron chi connectivity index (χ0n) is 3.23. The van der Waals surface area contributed by atoms with Crippen LogP contribution in [0.4, 0.5) is 0 Å². The second-order valence-corrected chi connectivity index (χ2v) is 2.12. The molecule has 0 unspecified atom stereocenters. The Kier molecular flexibility index (Phi) is 1.92. The minimum Gasteiger partial charge on any atom is -0.284 e. The highest BCUT2D eigenvalue weighted by atomic mass is 28.2. The van der Waals surface area contributed by atoms with Crippen LogP contribution < -0.4 is 0 Å². The Bertz CT molecular complexity index is 85.9. The molecule has 0 saturated carbocycles. The van der Waals surface area contributed by atoms with Crippen LogP contribution in [0.2, 0.25) is 0 Å². The maximum atomic E-state index is 9.24. The summed E-state index contributed by atoms with van der Waals surface area (Å²) in [4.78, 5) is 18.5. The van der Waals surface area contributed by atoms with Crippen molar-refractivity contribution in [2.45, 2.75) is 0 Å². The summed E-state index contributed by atoms with van der Waals surface area (Å²) in [5.74, 6) is 0. The number of hydrogen-bond donors (Lipinski definition) is 0. The van der Waals surface area contributed by atoms with E-state index >= 15 is 0 Å². The second kappa shape index (κ2) is 2.24. The van der Waals surface area contributed by atoms with Crippen LogP contribution in [0.3, 0.4) is 0 Å². The molecule has 7 heteroatoms. The van der Waals surface area contributed by atoms with Crippen LogP contribution in [0.5, 0.6) is 0 Å². The topological polar surface area (TPSA) is 86.3 Å². The Morgan fingerprint density at radius 2 is 1.43 bits per heavy atom. The Labute approximate surface area is 40.4 Å². The van der Waals surface area contributed by atoms with Gasteiger partial charge in [-0.1, -0.05) is 0 Å². The fourth-order valence-electron chi connectivity index (χ4n) is 0.0943. The Morgan fingerprint density at radius 3 is 1.43 bits per heavy atom. The van der Waals surface area contributed by atoms with Crippen molar-refractivity contribution in [1.29, 1.82) is 0 Å². The molecule has 0 aromatic heterocycles. The quantitative estimate of drug-likeness (QED) is 0.254. The van der Waals surface area contributed by atoms with Crippen molar-refractivity contribution in [1.82, 2.24) is 0 Å². The third kappa shape index (κ3) is 5.02. The van der Waals surface area contributed by atoms with Crippen LogP contribution in [-0.2, 0) is 0 Å². The van der Waals surface area contributed by atoms with E-state index in [1.54, 1.807) is 0 Å². The molecular weight excluding hydrogens is 120 g/mol. The summed E-state index contributed by atoms with van der Waals surface area (Å²) in [6.07, 6.45) is 0. The second-order valence-electron chi connectivity index (χ2n) is 0.807. The molecule has 0 aliphatic rings. The van der Waals surface area contributed by atoms with Crippen molar-refractivity contribution in [3.63, 3.8) is 0 Å². The fraction of sp³-hybridized carbons (Fsp3) is 0.